The molecule has 1 amide bonds. The quantitative estimate of drug-likeness (QED) is 0.890. The molecule has 5 heteroatoms. The zero-order valence-corrected chi connectivity index (χ0v) is 12.9. The molecule has 1 N–H and O–H groups in total. The van der Waals surface area contributed by atoms with Gasteiger partial charge in [-0.15, -0.1) is 0 Å². The molecule has 0 radical (unpaired) electrons. The maximum Gasteiger partial charge on any atom is 0.225 e. The van der Waals surface area contributed by atoms with Gasteiger partial charge in [-0.05, 0) is 12.8 Å². The molecular formula is C16H26N4O. The second kappa shape index (κ2) is 6.60. The number of nitrogens with one attached hydrogen (secondary N) is 1. The fourth-order valence-corrected chi connectivity index (χ4v) is 3.48. The van der Waals surface area contributed by atoms with Crippen LogP contribution in [0.1, 0.15) is 37.8 Å². The summed E-state index contributed by atoms with van der Waals surface area (Å²) in [4.78, 5) is 18.9. The fraction of sp³-hybridized carbons (Fsp3) is 0.750. The van der Waals surface area contributed by atoms with Gasteiger partial charge in [0.1, 0.15) is 0 Å². The van der Waals surface area contributed by atoms with Crippen molar-refractivity contribution in [3.63, 3.8) is 0 Å². The van der Waals surface area contributed by atoms with E-state index in [1.807, 2.05) is 17.8 Å². The zero-order valence-electron chi connectivity index (χ0n) is 12.9. The van der Waals surface area contributed by atoms with Crippen LogP contribution in [0.2, 0.25) is 0 Å². The summed E-state index contributed by atoms with van der Waals surface area (Å²) in [6, 6.07) is 0.747. The molecule has 116 valence electrons. The van der Waals surface area contributed by atoms with Gasteiger partial charge >= 0.3 is 0 Å². The van der Waals surface area contributed by atoms with Crippen LogP contribution in [0.3, 0.4) is 0 Å². The summed E-state index contributed by atoms with van der Waals surface area (Å²) in [5.74, 6) is 0.425. The van der Waals surface area contributed by atoms with E-state index in [-0.39, 0.29) is 11.8 Å². The molecule has 1 aliphatic carbocycles. The molecule has 0 unspecified atom stereocenters. The average Bonchev–Trinajstić information content (AvgIpc) is 2.84. The Bertz CT molecular complexity index is 472. The minimum absolute atomic E-state index is 0.204. The van der Waals surface area contributed by atoms with Crippen molar-refractivity contribution in [3.8, 4) is 0 Å². The summed E-state index contributed by atoms with van der Waals surface area (Å²) in [6.07, 6.45) is 11.4. The number of nitrogens with zero attached hydrogens (tertiary/aromatic N) is 3. The van der Waals surface area contributed by atoms with Gasteiger partial charge in [-0.2, -0.15) is 0 Å². The predicted octanol–water partition coefficient (Wildman–Crippen LogP) is 1.34. The van der Waals surface area contributed by atoms with Crippen LogP contribution in [-0.2, 0) is 18.3 Å². The molecule has 1 aromatic rings. The van der Waals surface area contributed by atoms with Gasteiger partial charge in [0, 0.05) is 45.3 Å². The van der Waals surface area contributed by atoms with E-state index in [0.29, 0.717) is 6.54 Å². The molecule has 0 atom stereocenters. The number of carbonyl (C=O) groups excluding carboxylic acids is 1. The van der Waals surface area contributed by atoms with E-state index >= 15 is 0 Å². The largest absolute Gasteiger partial charge is 0.355 e. The van der Waals surface area contributed by atoms with Crippen LogP contribution < -0.4 is 5.32 Å². The number of likely N-dealkylation sites (tertiary alicyclic amines) is 1. The van der Waals surface area contributed by atoms with Gasteiger partial charge in [-0.25, -0.2) is 4.98 Å². The number of rotatable bonds is 5. The first-order valence-electron chi connectivity index (χ1n) is 8.21. The Kier molecular flexibility index (Phi) is 4.58. The minimum atomic E-state index is 0.204. The van der Waals surface area contributed by atoms with E-state index in [4.69, 9.17) is 0 Å². The Balaban J connectivity index is 1.33. The summed E-state index contributed by atoms with van der Waals surface area (Å²) in [6.45, 7) is 2.61. The lowest BCUT2D eigenvalue weighted by molar-refractivity contribution is -0.131. The molecule has 1 aliphatic heterocycles. The third-order valence-corrected chi connectivity index (χ3v) is 4.81. The monoisotopic (exact) mass is 290 g/mol. The summed E-state index contributed by atoms with van der Waals surface area (Å²) < 4.78 is 1.94. The molecule has 3 rings (SSSR count). The van der Waals surface area contributed by atoms with Gasteiger partial charge in [0.2, 0.25) is 5.91 Å². The molecule has 5 nitrogen and oxygen atoms in total. The molecule has 0 bridgehead atoms. The number of imidazole rings is 1. The Labute approximate surface area is 126 Å². The van der Waals surface area contributed by atoms with Gasteiger partial charge < -0.3 is 9.88 Å². The van der Waals surface area contributed by atoms with E-state index in [0.717, 1.165) is 31.2 Å². The summed E-state index contributed by atoms with van der Waals surface area (Å²) in [5.41, 5.74) is 1.04. The first-order chi connectivity index (χ1) is 10.2. The molecular weight excluding hydrogens is 264 g/mol. The van der Waals surface area contributed by atoms with Gasteiger partial charge in [-0.1, -0.05) is 19.3 Å². The Hall–Kier alpha value is -1.36. The van der Waals surface area contributed by atoms with Crippen molar-refractivity contribution < 1.29 is 4.79 Å². The van der Waals surface area contributed by atoms with Crippen molar-refractivity contribution >= 4 is 5.91 Å². The number of aromatic nitrogens is 2. The number of carbonyl (C=O) groups is 1. The highest BCUT2D eigenvalue weighted by atomic mass is 16.2. The lowest BCUT2D eigenvalue weighted by atomic mass is 9.88. The topological polar surface area (TPSA) is 50.2 Å². The van der Waals surface area contributed by atoms with Crippen molar-refractivity contribution in [1.29, 1.82) is 0 Å². The van der Waals surface area contributed by atoms with Crippen LogP contribution in [0.4, 0.5) is 0 Å². The maximum absolute atomic E-state index is 12.1. The third kappa shape index (κ3) is 3.64. The second-order valence-electron chi connectivity index (χ2n) is 6.51. The molecule has 0 spiro atoms. The fourth-order valence-electron chi connectivity index (χ4n) is 3.48. The van der Waals surface area contributed by atoms with Crippen LogP contribution >= 0.6 is 0 Å². The summed E-state index contributed by atoms with van der Waals surface area (Å²) in [5, 5.41) is 3.05. The van der Waals surface area contributed by atoms with E-state index < -0.39 is 0 Å². The zero-order chi connectivity index (χ0) is 14.7. The van der Waals surface area contributed by atoms with Crippen LogP contribution in [0.5, 0.6) is 0 Å². The minimum Gasteiger partial charge on any atom is -0.355 e. The number of hydrogen-bond donors (Lipinski definition) is 1. The van der Waals surface area contributed by atoms with Crippen LogP contribution in [-0.4, -0.2) is 46.0 Å². The van der Waals surface area contributed by atoms with Crippen molar-refractivity contribution in [3.05, 3.63) is 18.2 Å². The molecule has 2 heterocycles. The number of amides is 1. The number of aryl methyl sites for hydroxylation is 1. The molecule has 2 fully saturated rings. The first-order valence-corrected chi connectivity index (χ1v) is 8.21. The highest BCUT2D eigenvalue weighted by Gasteiger charge is 2.36. The molecule has 1 aromatic heterocycles. The Morgan fingerprint density at radius 3 is 2.76 bits per heavy atom. The van der Waals surface area contributed by atoms with E-state index in [1.165, 1.54) is 32.1 Å². The molecule has 1 saturated carbocycles. The maximum atomic E-state index is 12.1. The highest BCUT2D eigenvalue weighted by molar-refractivity contribution is 5.80. The van der Waals surface area contributed by atoms with E-state index in [1.54, 1.807) is 6.33 Å². The molecule has 0 aromatic carbocycles. The number of hydrogen-bond acceptors (Lipinski definition) is 3. The lowest BCUT2D eigenvalue weighted by Crippen LogP contribution is -2.57. The lowest BCUT2D eigenvalue weighted by Gasteiger charge is -2.45. The Morgan fingerprint density at radius 2 is 2.10 bits per heavy atom. The summed E-state index contributed by atoms with van der Waals surface area (Å²) in [7, 11) is 1.96. The SMILES string of the molecule is Cn1cnc(CCNC(=O)C2CN(C3CCCCC3)C2)c1. The van der Waals surface area contributed by atoms with Gasteiger partial charge in [0.05, 0.1) is 17.9 Å². The summed E-state index contributed by atoms with van der Waals surface area (Å²) >= 11 is 0. The van der Waals surface area contributed by atoms with Crippen molar-refractivity contribution in [2.24, 2.45) is 13.0 Å². The van der Waals surface area contributed by atoms with E-state index in [2.05, 4.69) is 15.2 Å². The third-order valence-electron chi connectivity index (χ3n) is 4.81. The van der Waals surface area contributed by atoms with Gasteiger partial charge in [0.25, 0.3) is 0 Å². The first kappa shape index (κ1) is 14.6. The Morgan fingerprint density at radius 1 is 1.33 bits per heavy atom. The molecule has 21 heavy (non-hydrogen) atoms. The normalized spacial score (nSPS) is 21.2. The smallest absolute Gasteiger partial charge is 0.225 e. The van der Waals surface area contributed by atoms with Crippen molar-refractivity contribution in [2.75, 3.05) is 19.6 Å². The van der Waals surface area contributed by atoms with Crippen LogP contribution in [0.15, 0.2) is 12.5 Å². The average molecular weight is 290 g/mol. The predicted molar refractivity (Wildman–Crippen MR) is 81.9 cm³/mol. The standard InChI is InChI=1S/C16H26N4O/c1-19-11-14(18-12-19)7-8-17-16(21)13-9-20(10-13)15-5-3-2-4-6-15/h11-13,15H,2-10H2,1H3,(H,17,21). The van der Waals surface area contributed by atoms with Crippen molar-refractivity contribution in [2.45, 2.75) is 44.6 Å². The van der Waals surface area contributed by atoms with Crippen LogP contribution in [0.25, 0.3) is 0 Å². The van der Waals surface area contributed by atoms with Gasteiger partial charge in [0.15, 0.2) is 0 Å². The highest BCUT2D eigenvalue weighted by Crippen LogP contribution is 2.28. The van der Waals surface area contributed by atoms with Gasteiger partial charge in [-0.3, -0.25) is 9.69 Å². The molecule has 1 saturated heterocycles. The van der Waals surface area contributed by atoms with E-state index in [9.17, 15) is 4.79 Å². The second-order valence-corrected chi connectivity index (χ2v) is 6.51. The molecule has 2 aliphatic rings. The van der Waals surface area contributed by atoms with Crippen molar-refractivity contribution in [1.82, 2.24) is 19.8 Å². The van der Waals surface area contributed by atoms with Crippen LogP contribution in [0, 0.1) is 5.92 Å².